The standard InChI is InChI=1S/C12H11NOS/c1-3-9-6-7-13-12-5-4-10(15(2)14)8-11(9)12/h3-8H,1H2,2H3. The topological polar surface area (TPSA) is 30.0 Å². The highest BCUT2D eigenvalue weighted by molar-refractivity contribution is 7.84. The van der Waals surface area contributed by atoms with Crippen LogP contribution >= 0.6 is 0 Å². The van der Waals surface area contributed by atoms with E-state index in [1.807, 2.05) is 24.3 Å². The van der Waals surface area contributed by atoms with Crippen LogP contribution in [0.5, 0.6) is 0 Å². The summed E-state index contributed by atoms with van der Waals surface area (Å²) in [7, 11) is -0.957. The van der Waals surface area contributed by atoms with Crippen LogP contribution in [0.4, 0.5) is 0 Å². The molecule has 0 fully saturated rings. The zero-order valence-corrected chi connectivity index (χ0v) is 9.25. The zero-order valence-electron chi connectivity index (χ0n) is 8.43. The summed E-state index contributed by atoms with van der Waals surface area (Å²) < 4.78 is 11.4. The van der Waals surface area contributed by atoms with Crippen molar-refractivity contribution >= 4 is 27.8 Å². The maximum Gasteiger partial charge on any atom is 0.0708 e. The molecule has 2 nitrogen and oxygen atoms in total. The van der Waals surface area contributed by atoms with E-state index < -0.39 is 10.8 Å². The molecule has 1 heterocycles. The molecule has 0 N–H and O–H groups in total. The van der Waals surface area contributed by atoms with Crippen molar-refractivity contribution in [3.8, 4) is 0 Å². The summed E-state index contributed by atoms with van der Waals surface area (Å²) >= 11 is 0. The summed E-state index contributed by atoms with van der Waals surface area (Å²) in [5.74, 6) is 0. The van der Waals surface area contributed by atoms with E-state index >= 15 is 0 Å². The predicted octanol–water partition coefficient (Wildman–Crippen LogP) is 2.62. The Balaban J connectivity index is 2.78. The van der Waals surface area contributed by atoms with Gasteiger partial charge in [0.1, 0.15) is 0 Å². The van der Waals surface area contributed by atoms with Gasteiger partial charge in [0.15, 0.2) is 0 Å². The van der Waals surface area contributed by atoms with Gasteiger partial charge in [0.2, 0.25) is 0 Å². The van der Waals surface area contributed by atoms with Crippen LogP contribution in [0.2, 0.25) is 0 Å². The molecule has 0 aliphatic heterocycles. The van der Waals surface area contributed by atoms with Crippen molar-refractivity contribution in [2.24, 2.45) is 0 Å². The molecule has 1 unspecified atom stereocenters. The molecule has 0 amide bonds. The Bertz CT molecular complexity index is 548. The second kappa shape index (κ2) is 3.95. The highest BCUT2D eigenvalue weighted by Crippen LogP contribution is 2.20. The van der Waals surface area contributed by atoms with Crippen LogP contribution in [0.1, 0.15) is 5.56 Å². The first-order valence-corrected chi connectivity index (χ1v) is 6.13. The quantitative estimate of drug-likeness (QED) is 0.774. The molecule has 1 atom stereocenters. The van der Waals surface area contributed by atoms with Crippen LogP contribution in [0.15, 0.2) is 41.9 Å². The summed E-state index contributed by atoms with van der Waals surface area (Å²) in [5.41, 5.74) is 1.92. The van der Waals surface area contributed by atoms with Crippen LogP contribution in [-0.2, 0) is 10.8 Å². The van der Waals surface area contributed by atoms with E-state index in [-0.39, 0.29) is 0 Å². The van der Waals surface area contributed by atoms with Crippen LogP contribution in [0, 0.1) is 0 Å². The van der Waals surface area contributed by atoms with Gasteiger partial charge in [-0.25, -0.2) is 0 Å². The smallest absolute Gasteiger partial charge is 0.0708 e. The maximum absolute atomic E-state index is 11.4. The number of hydrogen-bond donors (Lipinski definition) is 0. The minimum atomic E-state index is -0.957. The third-order valence-electron chi connectivity index (χ3n) is 2.30. The summed E-state index contributed by atoms with van der Waals surface area (Å²) in [6.45, 7) is 3.75. The average Bonchev–Trinajstić information content (AvgIpc) is 2.27. The van der Waals surface area contributed by atoms with Crippen molar-refractivity contribution in [3.05, 3.63) is 42.6 Å². The van der Waals surface area contributed by atoms with E-state index in [0.29, 0.717) is 0 Å². The van der Waals surface area contributed by atoms with E-state index in [0.717, 1.165) is 21.4 Å². The molecule has 0 aliphatic carbocycles. The highest BCUT2D eigenvalue weighted by Gasteiger charge is 2.02. The Kier molecular flexibility index (Phi) is 2.64. The van der Waals surface area contributed by atoms with Gasteiger partial charge in [-0.3, -0.25) is 9.19 Å². The van der Waals surface area contributed by atoms with Gasteiger partial charge in [-0.2, -0.15) is 0 Å². The van der Waals surface area contributed by atoms with Crippen LogP contribution in [-0.4, -0.2) is 15.4 Å². The fourth-order valence-corrected chi connectivity index (χ4v) is 2.05. The average molecular weight is 217 g/mol. The van der Waals surface area contributed by atoms with Crippen molar-refractivity contribution in [3.63, 3.8) is 0 Å². The fraction of sp³-hybridized carbons (Fsp3) is 0.0833. The lowest BCUT2D eigenvalue weighted by molar-refractivity contribution is 0.687. The Labute approximate surface area is 91.1 Å². The third-order valence-corrected chi connectivity index (χ3v) is 3.22. The molecular formula is C12H11NOS. The highest BCUT2D eigenvalue weighted by atomic mass is 32.2. The number of aromatic nitrogens is 1. The van der Waals surface area contributed by atoms with Crippen molar-refractivity contribution in [2.45, 2.75) is 4.90 Å². The number of benzene rings is 1. The molecule has 2 rings (SSSR count). The van der Waals surface area contributed by atoms with E-state index in [9.17, 15) is 4.21 Å². The maximum atomic E-state index is 11.4. The first kappa shape index (κ1) is 10.1. The van der Waals surface area contributed by atoms with Gasteiger partial charge in [0.05, 0.1) is 5.52 Å². The molecule has 0 spiro atoms. The largest absolute Gasteiger partial charge is 0.256 e. The summed E-state index contributed by atoms with van der Waals surface area (Å²) in [6.07, 6.45) is 5.21. The number of fused-ring (bicyclic) bond motifs is 1. The van der Waals surface area contributed by atoms with Crippen LogP contribution < -0.4 is 0 Å². The molecule has 0 saturated heterocycles. The Morgan fingerprint density at radius 1 is 1.40 bits per heavy atom. The molecule has 76 valence electrons. The van der Waals surface area contributed by atoms with E-state index in [1.165, 1.54) is 0 Å². The monoisotopic (exact) mass is 217 g/mol. The Morgan fingerprint density at radius 3 is 2.87 bits per heavy atom. The number of rotatable bonds is 2. The molecule has 0 saturated carbocycles. The SMILES string of the molecule is C=Cc1ccnc2ccc(S(C)=O)cc12. The van der Waals surface area contributed by atoms with Gasteiger partial charge in [-0.05, 0) is 29.8 Å². The van der Waals surface area contributed by atoms with Gasteiger partial charge in [0.25, 0.3) is 0 Å². The molecule has 0 aliphatic rings. The van der Waals surface area contributed by atoms with Crippen molar-refractivity contribution < 1.29 is 4.21 Å². The normalized spacial score (nSPS) is 12.6. The summed E-state index contributed by atoms with van der Waals surface area (Å²) in [5, 5.41) is 1.00. The van der Waals surface area contributed by atoms with Crippen molar-refractivity contribution in [2.75, 3.05) is 6.26 Å². The number of pyridine rings is 1. The lowest BCUT2D eigenvalue weighted by Crippen LogP contribution is -1.89. The third kappa shape index (κ3) is 1.83. The summed E-state index contributed by atoms with van der Waals surface area (Å²) in [6, 6.07) is 7.55. The van der Waals surface area contributed by atoms with Crippen molar-refractivity contribution in [1.29, 1.82) is 0 Å². The molecule has 1 aromatic heterocycles. The molecule has 3 heteroatoms. The lowest BCUT2D eigenvalue weighted by atomic mass is 10.1. The number of nitrogens with zero attached hydrogens (tertiary/aromatic N) is 1. The van der Waals surface area contributed by atoms with E-state index in [2.05, 4.69) is 11.6 Å². The van der Waals surface area contributed by atoms with Gasteiger partial charge < -0.3 is 0 Å². The lowest BCUT2D eigenvalue weighted by Gasteiger charge is -2.03. The first-order valence-electron chi connectivity index (χ1n) is 4.57. The van der Waals surface area contributed by atoms with E-state index in [4.69, 9.17) is 0 Å². The van der Waals surface area contributed by atoms with Crippen LogP contribution in [0.25, 0.3) is 17.0 Å². The second-order valence-corrected chi connectivity index (χ2v) is 4.62. The molecule has 0 radical (unpaired) electrons. The van der Waals surface area contributed by atoms with Gasteiger partial charge in [0, 0.05) is 33.5 Å². The minimum absolute atomic E-state index is 0.818. The van der Waals surface area contributed by atoms with Crippen LogP contribution in [0.3, 0.4) is 0 Å². The first-order chi connectivity index (χ1) is 7.22. The fourth-order valence-electron chi connectivity index (χ4n) is 1.50. The zero-order chi connectivity index (χ0) is 10.8. The van der Waals surface area contributed by atoms with Gasteiger partial charge in [-0.1, -0.05) is 12.7 Å². The minimum Gasteiger partial charge on any atom is -0.256 e. The number of hydrogen-bond acceptors (Lipinski definition) is 2. The van der Waals surface area contributed by atoms with Gasteiger partial charge in [-0.15, -0.1) is 0 Å². The van der Waals surface area contributed by atoms with Crippen molar-refractivity contribution in [1.82, 2.24) is 4.98 Å². The molecule has 1 aromatic carbocycles. The molecular weight excluding hydrogens is 206 g/mol. The molecule has 15 heavy (non-hydrogen) atoms. The Morgan fingerprint density at radius 2 is 2.20 bits per heavy atom. The Hall–Kier alpha value is -1.48. The van der Waals surface area contributed by atoms with Gasteiger partial charge >= 0.3 is 0 Å². The second-order valence-electron chi connectivity index (χ2n) is 3.24. The predicted molar refractivity (Wildman–Crippen MR) is 64.2 cm³/mol. The molecule has 0 bridgehead atoms. The molecule has 2 aromatic rings. The van der Waals surface area contributed by atoms with E-state index in [1.54, 1.807) is 18.5 Å². The summed E-state index contributed by atoms with van der Waals surface area (Å²) in [4.78, 5) is 5.06.